The van der Waals surface area contributed by atoms with Gasteiger partial charge in [-0.15, -0.1) is 11.3 Å². The van der Waals surface area contributed by atoms with Crippen molar-refractivity contribution in [2.75, 3.05) is 31.8 Å². The van der Waals surface area contributed by atoms with Gasteiger partial charge in [-0.25, -0.2) is 4.98 Å². The summed E-state index contributed by atoms with van der Waals surface area (Å²) in [6.45, 7) is 1.37. The Morgan fingerprint density at radius 3 is 2.82 bits per heavy atom. The number of anilines is 1. The lowest BCUT2D eigenvalue weighted by Gasteiger charge is -2.23. The summed E-state index contributed by atoms with van der Waals surface area (Å²) in [6, 6.07) is 5.40. The molecule has 1 aromatic heterocycles. The molecule has 0 radical (unpaired) electrons. The smallest absolute Gasteiger partial charge is 0.239 e. The SMILES string of the molecule is O=C(CN(Cc1ccc2c(c1)OCO2)C(=O)CCC(=O)Nc1nccs1)NC[C@H]1CCCO1. The molecule has 1 atom stereocenters. The van der Waals surface area contributed by atoms with E-state index >= 15 is 0 Å². The number of rotatable bonds is 10. The lowest BCUT2D eigenvalue weighted by Crippen LogP contribution is -2.42. The summed E-state index contributed by atoms with van der Waals surface area (Å²) in [5, 5.41) is 7.74. The third kappa shape index (κ3) is 6.65. The van der Waals surface area contributed by atoms with Gasteiger partial charge in [-0.2, -0.15) is 0 Å². The van der Waals surface area contributed by atoms with Gasteiger partial charge in [0.05, 0.1) is 12.6 Å². The maximum absolute atomic E-state index is 13.0. The fourth-order valence-electron chi connectivity index (χ4n) is 3.60. The molecule has 3 amide bonds. The number of nitrogens with zero attached hydrogens (tertiary/aromatic N) is 2. The normalized spacial score (nSPS) is 16.4. The average Bonchev–Trinajstić information content (AvgIpc) is 3.58. The molecule has 33 heavy (non-hydrogen) atoms. The molecule has 4 rings (SSSR count). The number of hydrogen-bond donors (Lipinski definition) is 2. The van der Waals surface area contributed by atoms with Crippen molar-refractivity contribution in [1.82, 2.24) is 15.2 Å². The Kier molecular flexibility index (Phi) is 7.74. The second-order valence-corrected chi connectivity index (χ2v) is 8.66. The van der Waals surface area contributed by atoms with E-state index in [-0.39, 0.29) is 56.5 Å². The predicted molar refractivity (Wildman–Crippen MR) is 120 cm³/mol. The van der Waals surface area contributed by atoms with E-state index in [1.165, 1.54) is 16.2 Å². The van der Waals surface area contributed by atoms with Crippen molar-refractivity contribution in [3.63, 3.8) is 0 Å². The fraction of sp³-hybridized carbons (Fsp3) is 0.455. The molecule has 1 aromatic carbocycles. The predicted octanol–water partition coefficient (Wildman–Crippen LogP) is 1.91. The molecule has 1 saturated heterocycles. The number of aromatic nitrogens is 1. The van der Waals surface area contributed by atoms with Crippen LogP contribution in [0.1, 0.15) is 31.2 Å². The van der Waals surface area contributed by atoms with Crippen LogP contribution in [0.5, 0.6) is 11.5 Å². The van der Waals surface area contributed by atoms with Crippen molar-refractivity contribution in [1.29, 1.82) is 0 Å². The lowest BCUT2D eigenvalue weighted by atomic mass is 10.1. The third-order valence-corrected chi connectivity index (χ3v) is 5.98. The number of thiazole rings is 1. The molecule has 176 valence electrons. The van der Waals surface area contributed by atoms with Gasteiger partial charge in [-0.1, -0.05) is 6.07 Å². The van der Waals surface area contributed by atoms with Gasteiger partial charge in [0.2, 0.25) is 24.5 Å². The van der Waals surface area contributed by atoms with Crippen LogP contribution < -0.4 is 20.1 Å². The van der Waals surface area contributed by atoms with Gasteiger partial charge in [0.1, 0.15) is 0 Å². The van der Waals surface area contributed by atoms with Crippen LogP contribution in [0.15, 0.2) is 29.8 Å². The summed E-state index contributed by atoms with van der Waals surface area (Å²) in [5.41, 5.74) is 0.798. The van der Waals surface area contributed by atoms with E-state index in [0.29, 0.717) is 29.8 Å². The number of fused-ring (bicyclic) bond motifs is 1. The fourth-order valence-corrected chi connectivity index (χ4v) is 4.14. The molecule has 2 aromatic rings. The van der Waals surface area contributed by atoms with Crippen LogP contribution in [-0.2, 0) is 25.7 Å². The van der Waals surface area contributed by atoms with E-state index in [9.17, 15) is 14.4 Å². The van der Waals surface area contributed by atoms with Crippen molar-refractivity contribution in [2.45, 2.75) is 38.3 Å². The average molecular weight is 475 g/mol. The lowest BCUT2D eigenvalue weighted by molar-refractivity contribution is -0.137. The second-order valence-electron chi connectivity index (χ2n) is 7.76. The van der Waals surface area contributed by atoms with E-state index in [1.807, 2.05) is 6.07 Å². The molecule has 0 aliphatic carbocycles. The first kappa shape index (κ1) is 23.0. The highest BCUT2D eigenvalue weighted by Crippen LogP contribution is 2.32. The zero-order valence-electron chi connectivity index (χ0n) is 18.1. The highest BCUT2D eigenvalue weighted by Gasteiger charge is 2.22. The van der Waals surface area contributed by atoms with Crippen molar-refractivity contribution in [3.8, 4) is 11.5 Å². The van der Waals surface area contributed by atoms with Crippen LogP contribution in [0, 0.1) is 0 Å². The Hall–Kier alpha value is -3.18. The maximum Gasteiger partial charge on any atom is 0.239 e. The molecule has 10 nitrogen and oxygen atoms in total. The summed E-state index contributed by atoms with van der Waals surface area (Å²) in [4.78, 5) is 43.1. The number of amides is 3. The van der Waals surface area contributed by atoms with Crippen molar-refractivity contribution in [3.05, 3.63) is 35.3 Å². The van der Waals surface area contributed by atoms with Gasteiger partial charge in [0.15, 0.2) is 16.6 Å². The molecule has 0 saturated carbocycles. The van der Waals surface area contributed by atoms with Gasteiger partial charge >= 0.3 is 0 Å². The third-order valence-electron chi connectivity index (χ3n) is 5.29. The summed E-state index contributed by atoms with van der Waals surface area (Å²) in [6.07, 6.45) is 3.47. The first-order valence-corrected chi connectivity index (χ1v) is 11.7. The minimum atomic E-state index is -0.302. The summed E-state index contributed by atoms with van der Waals surface area (Å²) < 4.78 is 16.3. The second kappa shape index (κ2) is 11.1. The first-order chi connectivity index (χ1) is 16.1. The molecular weight excluding hydrogens is 448 g/mol. The zero-order valence-corrected chi connectivity index (χ0v) is 18.9. The van der Waals surface area contributed by atoms with Crippen LogP contribution in [0.25, 0.3) is 0 Å². The number of hydrogen-bond acceptors (Lipinski definition) is 8. The molecular formula is C22H26N4O6S. The van der Waals surface area contributed by atoms with E-state index in [0.717, 1.165) is 18.4 Å². The Labute approximate surface area is 195 Å². The standard InChI is InChI=1S/C22H26N4O6S/c27-19(25-22-23-7-9-33-22)5-6-21(29)26(13-20(28)24-11-16-2-1-8-30-16)12-15-3-4-17-18(10-15)32-14-31-17/h3-4,7,9-10,16H,1-2,5-6,8,11-14H2,(H,24,28)(H,23,25,27)/t16-/m1/s1. The number of benzene rings is 1. The number of ether oxygens (including phenoxy) is 3. The zero-order chi connectivity index (χ0) is 23.0. The molecule has 1 fully saturated rings. The molecule has 0 unspecified atom stereocenters. The highest BCUT2D eigenvalue weighted by atomic mass is 32.1. The quantitative estimate of drug-likeness (QED) is 0.540. The molecule has 11 heteroatoms. The minimum absolute atomic E-state index is 0.00636. The van der Waals surface area contributed by atoms with Gasteiger partial charge in [-0.3, -0.25) is 14.4 Å². The van der Waals surface area contributed by atoms with Gasteiger partial charge < -0.3 is 29.7 Å². The van der Waals surface area contributed by atoms with Crippen LogP contribution in [0.4, 0.5) is 5.13 Å². The molecule has 2 aliphatic rings. The van der Waals surface area contributed by atoms with Gasteiger partial charge in [0, 0.05) is 44.1 Å². The van der Waals surface area contributed by atoms with Crippen LogP contribution in [0.3, 0.4) is 0 Å². The Morgan fingerprint density at radius 2 is 2.03 bits per heavy atom. The Balaban J connectivity index is 1.35. The topological polar surface area (TPSA) is 119 Å². The Morgan fingerprint density at radius 1 is 1.15 bits per heavy atom. The van der Waals surface area contributed by atoms with Crippen molar-refractivity contribution in [2.24, 2.45) is 0 Å². The molecule has 2 aliphatic heterocycles. The van der Waals surface area contributed by atoms with Crippen LogP contribution >= 0.6 is 11.3 Å². The Bertz CT molecular complexity index is 977. The number of carbonyl (C=O) groups excluding carboxylic acids is 3. The molecule has 3 heterocycles. The first-order valence-electron chi connectivity index (χ1n) is 10.8. The van der Waals surface area contributed by atoms with Gasteiger partial charge in [0.25, 0.3) is 0 Å². The summed E-state index contributed by atoms with van der Waals surface area (Å²) >= 11 is 1.30. The van der Waals surface area contributed by atoms with E-state index in [2.05, 4.69) is 15.6 Å². The monoisotopic (exact) mass is 474 g/mol. The van der Waals surface area contributed by atoms with Crippen LogP contribution in [-0.4, -0.2) is 60.2 Å². The molecule has 0 spiro atoms. The number of carbonyl (C=O) groups is 3. The largest absolute Gasteiger partial charge is 0.454 e. The van der Waals surface area contributed by atoms with Gasteiger partial charge in [-0.05, 0) is 30.5 Å². The summed E-state index contributed by atoms with van der Waals surface area (Å²) in [5.74, 6) is 0.376. The molecule has 2 N–H and O–H groups in total. The summed E-state index contributed by atoms with van der Waals surface area (Å²) in [7, 11) is 0. The molecule has 0 bridgehead atoms. The van der Waals surface area contributed by atoms with E-state index in [4.69, 9.17) is 14.2 Å². The highest BCUT2D eigenvalue weighted by molar-refractivity contribution is 7.13. The number of nitrogens with one attached hydrogen (secondary N) is 2. The van der Waals surface area contributed by atoms with Crippen molar-refractivity contribution >= 4 is 34.2 Å². The van der Waals surface area contributed by atoms with Crippen molar-refractivity contribution < 1.29 is 28.6 Å². The van der Waals surface area contributed by atoms with E-state index < -0.39 is 0 Å². The van der Waals surface area contributed by atoms with E-state index in [1.54, 1.807) is 23.7 Å². The minimum Gasteiger partial charge on any atom is -0.454 e. The van der Waals surface area contributed by atoms with Crippen LogP contribution in [0.2, 0.25) is 0 Å². The maximum atomic E-state index is 13.0.